The average molecular weight is 817 g/mol. The van der Waals surface area contributed by atoms with Crippen molar-refractivity contribution in [3.8, 4) is 44.5 Å². The van der Waals surface area contributed by atoms with E-state index in [-0.39, 0.29) is 0 Å². The van der Waals surface area contributed by atoms with Gasteiger partial charge in [0.2, 0.25) is 0 Å². The highest BCUT2D eigenvalue weighted by Crippen LogP contribution is 2.42. The summed E-state index contributed by atoms with van der Waals surface area (Å²) in [6.07, 6.45) is 0. The van der Waals surface area contributed by atoms with Crippen molar-refractivity contribution in [1.82, 2.24) is 0 Å². The van der Waals surface area contributed by atoms with Crippen molar-refractivity contribution in [2.75, 3.05) is 9.80 Å². The van der Waals surface area contributed by atoms with Crippen LogP contribution >= 0.6 is 0 Å². The summed E-state index contributed by atoms with van der Waals surface area (Å²) in [4.78, 5) is 4.73. The van der Waals surface area contributed by atoms with Crippen molar-refractivity contribution < 1.29 is 0 Å². The summed E-state index contributed by atoms with van der Waals surface area (Å²) in [7, 11) is 0. The van der Waals surface area contributed by atoms with E-state index in [1.54, 1.807) is 0 Å². The van der Waals surface area contributed by atoms with Crippen LogP contribution in [0.15, 0.2) is 267 Å². The summed E-state index contributed by atoms with van der Waals surface area (Å²) in [5, 5.41) is 4.87. The van der Waals surface area contributed by atoms with E-state index in [4.69, 9.17) is 0 Å². The van der Waals surface area contributed by atoms with Gasteiger partial charge >= 0.3 is 0 Å². The topological polar surface area (TPSA) is 6.48 Å². The predicted octanol–water partition coefficient (Wildman–Crippen LogP) is 17.6. The number of anilines is 6. The maximum atomic E-state index is 2.38. The quantitative estimate of drug-likeness (QED) is 0.136. The largest absolute Gasteiger partial charge is 0.311 e. The van der Waals surface area contributed by atoms with Crippen molar-refractivity contribution in [3.05, 3.63) is 267 Å². The van der Waals surface area contributed by atoms with Gasteiger partial charge < -0.3 is 9.80 Å². The van der Waals surface area contributed by atoms with Crippen LogP contribution in [0.1, 0.15) is 0 Å². The van der Waals surface area contributed by atoms with Gasteiger partial charge in [-0.1, -0.05) is 194 Å². The molecule has 0 aliphatic heterocycles. The Kier molecular flexibility index (Phi) is 10.3. The Morgan fingerprint density at radius 2 is 0.547 bits per heavy atom. The zero-order valence-corrected chi connectivity index (χ0v) is 35.3. The lowest BCUT2D eigenvalue weighted by Crippen LogP contribution is -2.10. The first-order valence-electron chi connectivity index (χ1n) is 21.9. The standard InChI is InChI=1S/C62H44N2/c1-3-13-45(14-4-1)48-25-34-56(35-26-48)63(58-38-31-51(32-39-58)54-22-11-21-53(43-54)46-15-5-2-6-16-46)57-36-27-49(28-37-57)50-29-40-59(41-30-50)64(60-42-33-47-17-7-8-19-55(47)44-60)62-24-12-20-52-18-9-10-23-61(52)62/h1-44H. The number of hydrogen-bond acceptors (Lipinski definition) is 2. The maximum absolute atomic E-state index is 2.38. The summed E-state index contributed by atoms with van der Waals surface area (Å²) in [5.74, 6) is 0. The van der Waals surface area contributed by atoms with Crippen LogP contribution in [0.25, 0.3) is 66.1 Å². The number of rotatable bonds is 10. The zero-order valence-electron chi connectivity index (χ0n) is 35.3. The third-order valence-corrected chi connectivity index (χ3v) is 12.2. The molecule has 2 nitrogen and oxygen atoms in total. The first kappa shape index (κ1) is 38.5. The molecule has 0 saturated carbocycles. The fraction of sp³-hybridized carbons (Fsp3) is 0. The van der Waals surface area contributed by atoms with Crippen molar-refractivity contribution in [1.29, 1.82) is 0 Å². The molecule has 11 aromatic carbocycles. The van der Waals surface area contributed by atoms with Gasteiger partial charge in [-0.3, -0.25) is 0 Å². The second kappa shape index (κ2) is 17.1. The minimum atomic E-state index is 1.09. The van der Waals surface area contributed by atoms with Crippen LogP contribution in [-0.2, 0) is 0 Å². The smallest absolute Gasteiger partial charge is 0.0540 e. The van der Waals surface area contributed by atoms with Crippen LogP contribution in [0, 0.1) is 0 Å². The first-order chi connectivity index (χ1) is 31.7. The lowest BCUT2D eigenvalue weighted by Gasteiger charge is -2.27. The molecule has 0 spiro atoms. The van der Waals surface area contributed by atoms with Gasteiger partial charge in [-0.2, -0.15) is 0 Å². The normalized spacial score (nSPS) is 11.1. The molecular weight excluding hydrogens is 773 g/mol. The molecule has 64 heavy (non-hydrogen) atoms. The van der Waals surface area contributed by atoms with Crippen molar-refractivity contribution in [2.24, 2.45) is 0 Å². The Hall–Kier alpha value is -8.46. The molecular formula is C62H44N2. The van der Waals surface area contributed by atoms with Crippen molar-refractivity contribution in [2.45, 2.75) is 0 Å². The monoisotopic (exact) mass is 816 g/mol. The Bertz CT molecular complexity index is 3330. The average Bonchev–Trinajstić information content (AvgIpc) is 3.38. The molecule has 0 aliphatic carbocycles. The molecule has 0 atom stereocenters. The maximum Gasteiger partial charge on any atom is 0.0540 e. The third-order valence-electron chi connectivity index (χ3n) is 12.2. The molecule has 0 N–H and O–H groups in total. The summed E-state index contributed by atoms with van der Waals surface area (Å²) < 4.78 is 0. The molecule has 0 radical (unpaired) electrons. The van der Waals surface area contributed by atoms with Crippen LogP contribution in [0.4, 0.5) is 34.1 Å². The third kappa shape index (κ3) is 7.70. The molecule has 0 unspecified atom stereocenters. The SMILES string of the molecule is c1ccc(-c2ccc(N(c3ccc(-c4ccc(N(c5ccc6ccccc6c5)c5cccc6ccccc56)cc4)cc3)c3ccc(-c4cccc(-c5ccccc5)c4)cc3)cc2)cc1. The summed E-state index contributed by atoms with van der Waals surface area (Å²) >= 11 is 0. The molecule has 0 aliphatic rings. The molecule has 302 valence electrons. The van der Waals surface area contributed by atoms with E-state index < -0.39 is 0 Å². The molecule has 11 rings (SSSR count). The Morgan fingerprint density at radius 1 is 0.188 bits per heavy atom. The van der Waals surface area contributed by atoms with E-state index in [0.29, 0.717) is 0 Å². The van der Waals surface area contributed by atoms with Crippen molar-refractivity contribution >= 4 is 55.7 Å². The minimum absolute atomic E-state index is 1.09. The molecule has 0 heterocycles. The lowest BCUT2D eigenvalue weighted by atomic mass is 9.98. The predicted molar refractivity (Wildman–Crippen MR) is 273 cm³/mol. The van der Waals surface area contributed by atoms with Gasteiger partial charge in [0.25, 0.3) is 0 Å². The second-order valence-electron chi connectivity index (χ2n) is 16.2. The van der Waals surface area contributed by atoms with Crippen LogP contribution in [0.3, 0.4) is 0 Å². The van der Waals surface area contributed by atoms with Gasteiger partial charge in [-0.25, -0.2) is 0 Å². The minimum Gasteiger partial charge on any atom is -0.311 e. The van der Waals surface area contributed by atoms with Gasteiger partial charge in [0.15, 0.2) is 0 Å². The first-order valence-corrected chi connectivity index (χ1v) is 21.9. The van der Waals surface area contributed by atoms with Crippen LogP contribution < -0.4 is 9.80 Å². The second-order valence-corrected chi connectivity index (χ2v) is 16.2. The van der Waals surface area contributed by atoms with Crippen LogP contribution in [0.2, 0.25) is 0 Å². The number of nitrogens with zero attached hydrogens (tertiary/aromatic N) is 2. The molecule has 2 heteroatoms. The van der Waals surface area contributed by atoms with E-state index in [2.05, 4.69) is 277 Å². The van der Waals surface area contributed by atoms with Gasteiger partial charge in [0.1, 0.15) is 0 Å². The van der Waals surface area contributed by atoms with E-state index in [1.165, 1.54) is 54.9 Å². The van der Waals surface area contributed by atoms with Crippen LogP contribution in [-0.4, -0.2) is 0 Å². The molecule has 0 saturated heterocycles. The highest BCUT2D eigenvalue weighted by molar-refractivity contribution is 6.00. The highest BCUT2D eigenvalue weighted by atomic mass is 15.1. The fourth-order valence-corrected chi connectivity index (χ4v) is 8.94. The highest BCUT2D eigenvalue weighted by Gasteiger charge is 2.17. The fourth-order valence-electron chi connectivity index (χ4n) is 8.94. The molecule has 0 bridgehead atoms. The Balaban J connectivity index is 0.928. The summed E-state index contributed by atoms with van der Waals surface area (Å²) in [6, 6.07) is 96.2. The summed E-state index contributed by atoms with van der Waals surface area (Å²) in [5.41, 5.74) is 16.2. The van der Waals surface area contributed by atoms with Gasteiger partial charge in [-0.05, 0) is 133 Å². The zero-order chi connectivity index (χ0) is 42.7. The molecule has 0 amide bonds. The Labute approximate surface area is 375 Å². The van der Waals surface area contributed by atoms with E-state index >= 15 is 0 Å². The van der Waals surface area contributed by atoms with E-state index in [9.17, 15) is 0 Å². The van der Waals surface area contributed by atoms with E-state index in [0.717, 1.165) is 45.3 Å². The van der Waals surface area contributed by atoms with Gasteiger partial charge in [0, 0.05) is 33.8 Å². The number of fused-ring (bicyclic) bond motifs is 2. The van der Waals surface area contributed by atoms with Crippen LogP contribution in [0.5, 0.6) is 0 Å². The molecule has 0 fully saturated rings. The lowest BCUT2D eigenvalue weighted by molar-refractivity contribution is 1.28. The molecule has 0 aromatic heterocycles. The van der Waals surface area contributed by atoms with Gasteiger partial charge in [-0.15, -0.1) is 0 Å². The van der Waals surface area contributed by atoms with Gasteiger partial charge in [0.05, 0.1) is 5.69 Å². The number of hydrogen-bond donors (Lipinski definition) is 0. The van der Waals surface area contributed by atoms with E-state index in [1.807, 2.05) is 0 Å². The van der Waals surface area contributed by atoms with Crippen molar-refractivity contribution in [3.63, 3.8) is 0 Å². The Morgan fingerprint density at radius 3 is 1.09 bits per heavy atom. The number of benzene rings is 11. The molecule has 11 aromatic rings. The summed E-state index contributed by atoms with van der Waals surface area (Å²) in [6.45, 7) is 0.